The summed E-state index contributed by atoms with van der Waals surface area (Å²) in [5.41, 5.74) is 12.0. The molecule has 2 amide bonds. The Morgan fingerprint density at radius 3 is 1.16 bits per heavy atom. The van der Waals surface area contributed by atoms with Crippen molar-refractivity contribution in [1.29, 1.82) is 0 Å². The average molecular weight is 1950 g/mol. The summed E-state index contributed by atoms with van der Waals surface area (Å²) < 4.78 is 132. The SMILES string of the molecule is C.C.C.C.C.C.C.C1CO1.CC(C)(C)OC(=O)Nc1c(CCO)ccc(Cl)c1F.CC(C)(C)OC(=O)Nc1cccc(Cl)c1F.CC(C)(C)[Si](C)(C)C.CC(C)(C)[Si](C)(C)OCCc1ccc(Cl)c(F)c1Br.Nc1c(CCO)ccc(Cl)c1F.Nc1cccc(Cl)c1F.O=CC(F)(F)F.O=N[O-].OCCc1ccc(Cl)c(F)c1Br.[Na+]. The van der Waals surface area contributed by atoms with Gasteiger partial charge < -0.3 is 55.5 Å². The van der Waals surface area contributed by atoms with Crippen LogP contribution in [0, 0.1) is 45.0 Å². The van der Waals surface area contributed by atoms with Gasteiger partial charge >= 0.3 is 47.9 Å². The minimum atomic E-state index is -4.64. The van der Waals surface area contributed by atoms with Gasteiger partial charge in [-0.3, -0.25) is 15.4 Å². The Labute approximate surface area is 749 Å². The molecule has 17 nitrogen and oxygen atoms in total. The normalized spacial score (nSPS) is 10.7. The van der Waals surface area contributed by atoms with E-state index >= 15 is 0 Å². The molecule has 0 aliphatic carbocycles. The first-order chi connectivity index (χ1) is 48.9. The predicted octanol–water partition coefficient (Wildman–Crippen LogP) is 25.0. The molecule has 0 atom stereocenters. The fraction of sp³-hybridized carbons (Fsp3) is 0.500. The molecule has 0 spiro atoms. The van der Waals surface area contributed by atoms with Crippen LogP contribution in [0.4, 0.5) is 71.9 Å². The van der Waals surface area contributed by atoms with Gasteiger partial charge in [0.15, 0.2) is 43.2 Å². The van der Waals surface area contributed by atoms with E-state index in [9.17, 15) is 49.1 Å². The average Bonchev–Trinajstić information content (AvgIpc) is 1.42. The van der Waals surface area contributed by atoms with E-state index in [0.717, 1.165) is 29.7 Å². The van der Waals surface area contributed by atoms with Gasteiger partial charge in [0.05, 0.1) is 75.0 Å². The third-order valence-corrected chi connectivity index (χ3v) is 26.7. The Bertz CT molecular complexity index is 3640. The molecule has 660 valence electrons. The number of aliphatic hydroxyl groups excluding tert-OH is 3. The van der Waals surface area contributed by atoms with Gasteiger partial charge in [0.25, 0.3) is 0 Å². The van der Waals surface area contributed by atoms with Crippen LogP contribution in [0.2, 0.25) is 72.9 Å². The standard InChI is InChI=1S/C14H21BrClFOSi.C13H17ClFNO3.C11H13ClFNO2.C8H7BrClFO.C8H9ClFNO.C7H18Si.C6H5ClFN.C2HF3O.C2H4O.7CH4.HNO2.Na/c1-14(2,3)19(4,5)18-9-8-10-6-7-11(16)13(17)12(10)15;1-13(2,3)19-12(18)16-11-8(6-7-17)4-5-9(14)10(11)15;1-11(2,3)16-10(15)14-8-6-4-5-7(12)9(8)13;9-7-5(3-4-12)1-2-6(10)8(7)11;9-6-2-1-5(3-4-12)8(11)7(6)10;1-7(2,3)8(4,5)6;7-4-2-1-3-5(9)6(4)8;3-2(4,5)1-6;1-2-3-1;;;;;;;;2-1-3;/h6-7H,8-9H2,1-5H3;4-5,17H,6-7H2,1-3H3,(H,16,18);4-6H,1-3H3,(H,14,15);1-2,12H,3-4H2;1-2,12H,3-4,11H2;1-6H3;1-3H,9H2;1H;1-2H2;7*1H4;(H,2,3);/q;;;;;;;;;;;;;;;;;+1/p-1. The Kier molecular flexibility index (Phi) is 75.4. The fourth-order valence-electron chi connectivity index (χ4n) is 6.21. The predicted molar refractivity (Wildman–Crippen MR) is 474 cm³/mol. The number of hydrogen-bond donors (Lipinski definition) is 7. The van der Waals surface area contributed by atoms with E-state index in [4.69, 9.17) is 125 Å². The summed E-state index contributed by atoms with van der Waals surface area (Å²) in [6.07, 6.45) is -5.52. The molecule has 0 bridgehead atoms. The van der Waals surface area contributed by atoms with E-state index in [0.29, 0.717) is 51.0 Å². The number of halogens is 17. The largest absolute Gasteiger partial charge is 1.00 e. The smallest absolute Gasteiger partial charge is 0.444 e. The zero-order valence-electron chi connectivity index (χ0n) is 63.3. The summed E-state index contributed by atoms with van der Waals surface area (Å²) in [5, 5.41) is 40.7. The number of ether oxygens (including phenoxy) is 3. The second-order valence-corrected chi connectivity index (χ2v) is 42.5. The number of nitrogens with two attached hydrogens (primary N) is 2. The second-order valence-electron chi connectivity index (χ2n) is 27.6. The third-order valence-electron chi connectivity index (χ3n) is 14.2. The first kappa shape index (κ1) is 134. The Morgan fingerprint density at radius 1 is 0.522 bits per heavy atom. The van der Waals surface area contributed by atoms with Crippen LogP contribution in [0.3, 0.4) is 0 Å². The molecule has 1 aliphatic rings. The molecule has 6 aromatic carbocycles. The van der Waals surface area contributed by atoms with Crippen molar-refractivity contribution in [3.63, 3.8) is 0 Å². The van der Waals surface area contributed by atoms with Crippen LogP contribution in [0.15, 0.2) is 99.2 Å². The summed E-state index contributed by atoms with van der Waals surface area (Å²) >= 11 is 39.6. The van der Waals surface area contributed by atoms with Gasteiger partial charge in [0.1, 0.15) is 11.2 Å². The van der Waals surface area contributed by atoms with Crippen LogP contribution < -0.4 is 51.7 Å². The number of hydrogen-bond acceptors (Lipinski definition) is 15. The van der Waals surface area contributed by atoms with Crippen LogP contribution in [-0.2, 0) is 49.1 Å². The first-order valence-corrected chi connectivity index (χ1v) is 42.2. The number of anilines is 4. The molecule has 1 aliphatic heterocycles. The van der Waals surface area contributed by atoms with Gasteiger partial charge in [-0.1, -0.05) is 219 Å². The van der Waals surface area contributed by atoms with Gasteiger partial charge in [0.2, 0.25) is 6.29 Å². The topological polar surface area (TPSA) is 281 Å². The van der Waals surface area contributed by atoms with Crippen LogP contribution >= 0.6 is 101 Å². The van der Waals surface area contributed by atoms with Crippen molar-refractivity contribution < 1.29 is 117 Å². The Morgan fingerprint density at radius 2 is 0.826 bits per heavy atom. The van der Waals surface area contributed by atoms with Gasteiger partial charge in [-0.2, -0.15) is 13.2 Å². The van der Waals surface area contributed by atoms with Crippen LogP contribution in [-0.4, -0.2) is 107 Å². The van der Waals surface area contributed by atoms with Crippen molar-refractivity contribution >= 4 is 159 Å². The molecule has 0 unspecified atom stereocenters. The molecule has 9 N–H and O–H groups in total. The summed E-state index contributed by atoms with van der Waals surface area (Å²) in [6.45, 7) is 37.9. The number of aliphatic hydroxyl groups is 3. The number of nitrogens with one attached hydrogen (secondary N) is 2. The number of epoxide rings is 1. The summed E-state index contributed by atoms with van der Waals surface area (Å²) in [6, 6.07) is 21.4. The summed E-state index contributed by atoms with van der Waals surface area (Å²) in [7, 11) is -2.59. The van der Waals surface area contributed by atoms with Crippen molar-refractivity contribution in [2.45, 2.75) is 221 Å². The molecule has 37 heteroatoms. The van der Waals surface area contributed by atoms with Crippen LogP contribution in [0.1, 0.15) is 157 Å². The van der Waals surface area contributed by atoms with Gasteiger partial charge in [-0.15, -0.1) is 5.34 Å². The molecule has 0 radical (unpaired) electrons. The van der Waals surface area contributed by atoms with Crippen molar-refractivity contribution in [1.82, 2.24) is 0 Å². The van der Waals surface area contributed by atoms with E-state index in [-0.39, 0.29) is 166 Å². The Hall–Kier alpha value is -4.17. The first-order valence-electron chi connectivity index (χ1n) is 32.0. The van der Waals surface area contributed by atoms with Crippen LogP contribution in [0.25, 0.3) is 0 Å². The monoisotopic (exact) mass is 1940 g/mol. The number of amides is 2. The van der Waals surface area contributed by atoms with Crippen molar-refractivity contribution in [3.05, 3.63) is 191 Å². The van der Waals surface area contributed by atoms with Crippen molar-refractivity contribution in [3.8, 4) is 0 Å². The van der Waals surface area contributed by atoms with Crippen molar-refractivity contribution in [2.24, 2.45) is 5.34 Å². The molecule has 115 heavy (non-hydrogen) atoms. The van der Waals surface area contributed by atoms with E-state index in [1.807, 2.05) is 6.07 Å². The zero-order chi connectivity index (χ0) is 84.0. The number of benzene rings is 6. The maximum atomic E-state index is 13.9. The zero-order valence-corrected chi connectivity index (χ0v) is 75.0. The molecule has 1 saturated heterocycles. The molecular formula is C78H123Br2Cl6F9N5NaO12Si2. The number of nitrogens with zero attached hydrogens (tertiary/aromatic N) is 1. The molecule has 6 aromatic rings. The van der Waals surface area contributed by atoms with Crippen molar-refractivity contribution in [2.75, 3.05) is 61.7 Å². The minimum absolute atomic E-state index is 0. The van der Waals surface area contributed by atoms with E-state index < -0.39 is 87.1 Å². The quantitative estimate of drug-likeness (QED) is 0.00877. The van der Waals surface area contributed by atoms with E-state index in [1.165, 1.54) is 48.5 Å². The van der Waals surface area contributed by atoms with Gasteiger partial charge in [-0.05, 0) is 193 Å². The van der Waals surface area contributed by atoms with E-state index in [1.54, 1.807) is 71.9 Å². The maximum Gasteiger partial charge on any atom is 1.00 e. The number of nitrogen functional groups attached to an aromatic ring is 2. The molecule has 0 aromatic heterocycles. The third kappa shape index (κ3) is 58.4. The molecule has 1 heterocycles. The number of carbonyl (C=O) groups is 3. The Balaban J connectivity index is -0.000000119. The number of alkyl halides is 3. The van der Waals surface area contributed by atoms with Crippen LogP contribution in [0.5, 0.6) is 0 Å². The molecule has 0 saturated carbocycles. The number of rotatable bonds is 12. The fourth-order valence-corrected chi connectivity index (χ4v) is 9.57. The molecule has 7 rings (SSSR count). The second kappa shape index (κ2) is 64.7. The van der Waals surface area contributed by atoms with Gasteiger partial charge in [-0.25, -0.2) is 35.9 Å². The molecular weight excluding hydrogens is 1820 g/mol. The van der Waals surface area contributed by atoms with Gasteiger partial charge in [0, 0.05) is 34.5 Å². The number of carbonyl (C=O) groups excluding carboxylic acids is 3. The minimum Gasteiger partial charge on any atom is -0.444 e. The summed E-state index contributed by atoms with van der Waals surface area (Å²) in [5.74, 6) is -3.43. The number of aldehydes is 1. The van der Waals surface area contributed by atoms with E-state index in [2.05, 4.69) is 122 Å². The molecule has 1 fully saturated rings. The summed E-state index contributed by atoms with van der Waals surface area (Å²) in [4.78, 5) is 39.7. The maximum absolute atomic E-state index is 13.9.